The maximum absolute atomic E-state index is 12.0. The van der Waals surface area contributed by atoms with Crippen LogP contribution in [0.1, 0.15) is 22.8 Å². The fourth-order valence-electron chi connectivity index (χ4n) is 1.91. The Hall–Kier alpha value is -3.13. The molecule has 9 heteroatoms. The Morgan fingerprint density at radius 2 is 2.16 bits per heavy atom. The first-order valence-electron chi connectivity index (χ1n) is 7.15. The van der Waals surface area contributed by atoms with Gasteiger partial charge in [-0.15, -0.1) is 0 Å². The zero-order chi connectivity index (χ0) is 18.4. The van der Waals surface area contributed by atoms with Crippen LogP contribution in [0, 0.1) is 10.1 Å². The molecule has 2 aromatic rings. The molecule has 2 aromatic carbocycles. The van der Waals surface area contributed by atoms with Gasteiger partial charge < -0.3 is 9.84 Å². The SMILES string of the molecule is CCOc1cc(/C=N/NC(=O)c2ccc(Cl)c([N+](=O)[O-])c2)ccc1O. The minimum atomic E-state index is -0.673. The molecule has 0 aliphatic carbocycles. The summed E-state index contributed by atoms with van der Waals surface area (Å²) in [5.74, 6) is -0.331. The van der Waals surface area contributed by atoms with Gasteiger partial charge in [0.05, 0.1) is 17.7 Å². The third-order valence-electron chi connectivity index (χ3n) is 3.07. The largest absolute Gasteiger partial charge is 0.504 e. The van der Waals surface area contributed by atoms with Gasteiger partial charge in [-0.2, -0.15) is 5.10 Å². The van der Waals surface area contributed by atoms with Crippen molar-refractivity contribution in [3.63, 3.8) is 0 Å². The molecule has 0 heterocycles. The standard InChI is InChI=1S/C16H14ClN3O5/c1-2-25-15-7-10(3-6-14(15)21)9-18-19-16(22)11-4-5-12(17)13(8-11)20(23)24/h3-9,21H,2H2,1H3,(H,19,22)/b18-9+. The molecule has 0 radical (unpaired) electrons. The van der Waals surface area contributed by atoms with Crippen LogP contribution in [0.4, 0.5) is 5.69 Å². The molecule has 0 aliphatic heterocycles. The average Bonchev–Trinajstić information content (AvgIpc) is 2.58. The van der Waals surface area contributed by atoms with E-state index < -0.39 is 10.8 Å². The molecule has 8 nitrogen and oxygen atoms in total. The third-order valence-corrected chi connectivity index (χ3v) is 3.39. The zero-order valence-corrected chi connectivity index (χ0v) is 13.9. The van der Waals surface area contributed by atoms with Crippen molar-refractivity contribution in [1.82, 2.24) is 5.43 Å². The Kier molecular flexibility index (Phi) is 5.91. The van der Waals surface area contributed by atoms with Gasteiger partial charge in [0.2, 0.25) is 0 Å². The number of hydrogen-bond acceptors (Lipinski definition) is 6. The van der Waals surface area contributed by atoms with Crippen molar-refractivity contribution >= 4 is 29.4 Å². The van der Waals surface area contributed by atoms with Crippen molar-refractivity contribution in [2.75, 3.05) is 6.61 Å². The molecular formula is C16H14ClN3O5. The van der Waals surface area contributed by atoms with Gasteiger partial charge in [0, 0.05) is 11.6 Å². The number of rotatable bonds is 6. The number of ether oxygens (including phenoxy) is 1. The van der Waals surface area contributed by atoms with Gasteiger partial charge in [0.15, 0.2) is 11.5 Å². The molecule has 2 rings (SSSR count). The second kappa shape index (κ2) is 8.11. The van der Waals surface area contributed by atoms with Crippen molar-refractivity contribution < 1.29 is 19.6 Å². The van der Waals surface area contributed by atoms with Crippen molar-refractivity contribution in [3.8, 4) is 11.5 Å². The van der Waals surface area contributed by atoms with E-state index >= 15 is 0 Å². The van der Waals surface area contributed by atoms with Gasteiger partial charge in [-0.1, -0.05) is 11.6 Å². The Morgan fingerprint density at radius 1 is 1.40 bits per heavy atom. The fraction of sp³-hybridized carbons (Fsp3) is 0.125. The summed E-state index contributed by atoms with van der Waals surface area (Å²) in [7, 11) is 0. The summed E-state index contributed by atoms with van der Waals surface area (Å²) in [6, 6.07) is 8.28. The van der Waals surface area contributed by atoms with Gasteiger partial charge in [-0.25, -0.2) is 5.43 Å². The lowest BCUT2D eigenvalue weighted by Gasteiger charge is -2.06. The van der Waals surface area contributed by atoms with Gasteiger partial charge >= 0.3 is 0 Å². The van der Waals surface area contributed by atoms with Crippen LogP contribution in [0.2, 0.25) is 5.02 Å². The fourth-order valence-corrected chi connectivity index (χ4v) is 2.09. The Morgan fingerprint density at radius 3 is 2.84 bits per heavy atom. The number of amides is 1. The molecule has 0 aliphatic rings. The highest BCUT2D eigenvalue weighted by molar-refractivity contribution is 6.32. The van der Waals surface area contributed by atoms with Crippen LogP contribution in [0.15, 0.2) is 41.5 Å². The number of carbonyl (C=O) groups is 1. The van der Waals surface area contributed by atoms with Crippen LogP contribution in [0.5, 0.6) is 11.5 Å². The van der Waals surface area contributed by atoms with Crippen LogP contribution in [-0.2, 0) is 0 Å². The predicted molar refractivity (Wildman–Crippen MR) is 92.4 cm³/mol. The molecule has 130 valence electrons. The van der Waals surface area contributed by atoms with Gasteiger partial charge in [-0.05, 0) is 42.8 Å². The Balaban J connectivity index is 2.09. The minimum absolute atomic E-state index is 0.00323. The molecule has 0 spiro atoms. The highest BCUT2D eigenvalue weighted by Crippen LogP contribution is 2.26. The molecule has 0 saturated carbocycles. The topological polar surface area (TPSA) is 114 Å². The molecule has 0 aromatic heterocycles. The molecular weight excluding hydrogens is 350 g/mol. The molecule has 0 atom stereocenters. The van der Waals surface area contributed by atoms with Crippen molar-refractivity contribution in [3.05, 3.63) is 62.7 Å². The second-order valence-corrected chi connectivity index (χ2v) is 5.19. The van der Waals surface area contributed by atoms with E-state index in [1.54, 1.807) is 19.1 Å². The summed E-state index contributed by atoms with van der Waals surface area (Å²) in [5.41, 5.74) is 2.53. The van der Waals surface area contributed by atoms with E-state index in [0.29, 0.717) is 17.9 Å². The zero-order valence-electron chi connectivity index (χ0n) is 13.1. The number of hydrogen-bond donors (Lipinski definition) is 2. The molecule has 0 bridgehead atoms. The summed E-state index contributed by atoms with van der Waals surface area (Å²) >= 11 is 5.70. The lowest BCUT2D eigenvalue weighted by Crippen LogP contribution is -2.17. The minimum Gasteiger partial charge on any atom is -0.504 e. The number of nitrogens with one attached hydrogen (secondary N) is 1. The van der Waals surface area contributed by atoms with Crippen LogP contribution < -0.4 is 10.2 Å². The molecule has 0 unspecified atom stereocenters. The van der Waals surface area contributed by atoms with E-state index in [0.717, 1.165) is 6.07 Å². The maximum atomic E-state index is 12.0. The monoisotopic (exact) mass is 363 g/mol. The number of nitro groups is 1. The summed E-state index contributed by atoms with van der Waals surface area (Å²) in [4.78, 5) is 22.2. The quantitative estimate of drug-likeness (QED) is 0.465. The van der Waals surface area contributed by atoms with Crippen molar-refractivity contribution in [2.45, 2.75) is 6.92 Å². The number of nitrogens with zero attached hydrogens (tertiary/aromatic N) is 2. The van der Waals surface area contributed by atoms with Gasteiger partial charge in [0.25, 0.3) is 11.6 Å². The van der Waals surface area contributed by atoms with Crippen LogP contribution in [0.3, 0.4) is 0 Å². The smallest absolute Gasteiger partial charge is 0.288 e. The summed E-state index contributed by atoms with van der Waals surface area (Å²) in [6.07, 6.45) is 1.35. The molecule has 2 N–H and O–H groups in total. The highest BCUT2D eigenvalue weighted by atomic mass is 35.5. The first-order valence-corrected chi connectivity index (χ1v) is 7.53. The molecule has 25 heavy (non-hydrogen) atoms. The van der Waals surface area contributed by atoms with Crippen molar-refractivity contribution in [1.29, 1.82) is 0 Å². The normalized spacial score (nSPS) is 10.6. The average molecular weight is 364 g/mol. The number of nitro benzene ring substituents is 1. The number of phenols is 1. The predicted octanol–water partition coefficient (Wildman–Crippen LogP) is 3.12. The number of hydrazone groups is 1. The van der Waals surface area contributed by atoms with E-state index in [1.807, 2.05) is 0 Å². The Labute approximate surface area is 147 Å². The van der Waals surface area contributed by atoms with E-state index in [4.69, 9.17) is 16.3 Å². The lowest BCUT2D eigenvalue weighted by atomic mass is 10.2. The van der Waals surface area contributed by atoms with Gasteiger partial charge in [0.1, 0.15) is 5.02 Å². The first kappa shape index (κ1) is 18.2. The number of aromatic hydroxyl groups is 1. The molecule has 0 saturated heterocycles. The third kappa shape index (κ3) is 4.67. The molecule has 1 amide bonds. The Bertz CT molecular complexity index is 839. The summed E-state index contributed by atoms with van der Waals surface area (Å²) in [6.45, 7) is 2.17. The molecule has 0 fully saturated rings. The number of phenolic OH excluding ortho intramolecular Hbond substituents is 1. The van der Waals surface area contributed by atoms with Crippen LogP contribution in [-0.4, -0.2) is 28.8 Å². The van der Waals surface area contributed by atoms with E-state index in [9.17, 15) is 20.0 Å². The maximum Gasteiger partial charge on any atom is 0.288 e. The van der Waals surface area contributed by atoms with E-state index in [1.165, 1.54) is 24.4 Å². The number of carbonyl (C=O) groups excluding carboxylic acids is 1. The number of benzene rings is 2. The highest BCUT2D eigenvalue weighted by Gasteiger charge is 2.15. The van der Waals surface area contributed by atoms with Crippen molar-refractivity contribution in [2.24, 2.45) is 5.10 Å². The van der Waals surface area contributed by atoms with E-state index in [-0.39, 0.29) is 22.0 Å². The summed E-state index contributed by atoms with van der Waals surface area (Å²) in [5, 5.41) is 24.2. The summed E-state index contributed by atoms with van der Waals surface area (Å²) < 4.78 is 5.25. The number of halogens is 1. The van der Waals surface area contributed by atoms with Crippen LogP contribution >= 0.6 is 11.6 Å². The lowest BCUT2D eigenvalue weighted by molar-refractivity contribution is -0.384. The van der Waals surface area contributed by atoms with E-state index in [2.05, 4.69) is 10.5 Å². The first-order chi connectivity index (χ1) is 11.9. The second-order valence-electron chi connectivity index (χ2n) is 4.78. The van der Waals surface area contributed by atoms with Gasteiger partial charge in [-0.3, -0.25) is 14.9 Å². The van der Waals surface area contributed by atoms with Crippen LogP contribution in [0.25, 0.3) is 0 Å².